The number of halogens is 1. The first-order valence-electron chi connectivity index (χ1n) is 6.08. The molecule has 2 rings (SSSR count). The van der Waals surface area contributed by atoms with Gasteiger partial charge in [-0.1, -0.05) is 11.6 Å². The third-order valence-corrected chi connectivity index (χ3v) is 3.48. The number of likely N-dealkylation sites (tertiary alicyclic amines) is 1. The molecule has 1 atom stereocenters. The van der Waals surface area contributed by atoms with Gasteiger partial charge in [-0.05, 0) is 32.0 Å². The van der Waals surface area contributed by atoms with Crippen LogP contribution in [0.1, 0.15) is 20.3 Å². The number of amides is 1. The number of nitrogens with two attached hydrogens (primary N) is 1. The van der Waals surface area contributed by atoms with E-state index in [0.29, 0.717) is 17.1 Å². The van der Waals surface area contributed by atoms with Crippen molar-refractivity contribution in [1.82, 2.24) is 4.90 Å². The van der Waals surface area contributed by atoms with Crippen molar-refractivity contribution in [3.63, 3.8) is 0 Å². The normalized spacial score (nSPS) is 19.7. The number of carbonyl (C=O) groups is 1. The van der Waals surface area contributed by atoms with Crippen molar-refractivity contribution in [2.24, 2.45) is 0 Å². The first-order chi connectivity index (χ1) is 8.47. The van der Waals surface area contributed by atoms with Crippen molar-refractivity contribution in [3.8, 4) is 0 Å². The summed E-state index contributed by atoms with van der Waals surface area (Å²) in [5, 5.41) is 3.85. The lowest BCUT2D eigenvalue weighted by molar-refractivity contribution is -0.129. The van der Waals surface area contributed by atoms with Gasteiger partial charge >= 0.3 is 0 Å². The fraction of sp³-hybridized carbons (Fsp3) is 0.462. The molecule has 1 aromatic carbocycles. The van der Waals surface area contributed by atoms with Gasteiger partial charge in [0.2, 0.25) is 5.91 Å². The number of nitrogens with zero attached hydrogens (tertiary/aromatic N) is 1. The molecule has 1 aliphatic heterocycles. The quantitative estimate of drug-likeness (QED) is 0.827. The van der Waals surface area contributed by atoms with Crippen molar-refractivity contribution >= 4 is 28.9 Å². The van der Waals surface area contributed by atoms with E-state index in [2.05, 4.69) is 5.32 Å². The predicted molar refractivity (Wildman–Crippen MR) is 74.7 cm³/mol. The molecule has 4 nitrogen and oxygen atoms in total. The van der Waals surface area contributed by atoms with Crippen molar-refractivity contribution in [2.75, 3.05) is 17.6 Å². The molecule has 1 heterocycles. The number of anilines is 2. The molecule has 1 aliphatic rings. The Bertz CT molecular complexity index is 462. The number of carbonyl (C=O) groups excluding carboxylic acids is 1. The zero-order valence-electron chi connectivity index (χ0n) is 10.6. The third-order valence-electron chi connectivity index (χ3n) is 3.15. The van der Waals surface area contributed by atoms with Gasteiger partial charge < -0.3 is 16.0 Å². The highest BCUT2D eigenvalue weighted by atomic mass is 35.5. The smallest absolute Gasteiger partial charge is 0.225 e. The van der Waals surface area contributed by atoms with Gasteiger partial charge in [-0.25, -0.2) is 0 Å². The molecule has 0 aliphatic carbocycles. The minimum atomic E-state index is 0.139. The lowest BCUT2D eigenvalue weighted by Gasteiger charge is -2.21. The molecular formula is C13H18ClN3O. The van der Waals surface area contributed by atoms with Crippen LogP contribution in [0.2, 0.25) is 5.02 Å². The predicted octanol–water partition coefficient (Wildman–Crippen LogP) is 2.34. The average Bonchev–Trinajstić information content (AvgIpc) is 2.65. The van der Waals surface area contributed by atoms with E-state index in [4.69, 9.17) is 17.3 Å². The number of rotatable bonds is 3. The number of nitrogens with one attached hydrogen (secondary N) is 1. The van der Waals surface area contributed by atoms with Gasteiger partial charge in [0.1, 0.15) is 0 Å². The maximum Gasteiger partial charge on any atom is 0.225 e. The molecule has 0 saturated carbocycles. The SMILES string of the molecule is CC(C)N1C[C@@H](Nc2ccc(N)c(Cl)c2)CC1=O. The topological polar surface area (TPSA) is 58.4 Å². The molecule has 1 amide bonds. The Labute approximate surface area is 112 Å². The highest BCUT2D eigenvalue weighted by Crippen LogP contribution is 2.25. The maximum atomic E-state index is 11.8. The van der Waals surface area contributed by atoms with Crippen molar-refractivity contribution in [1.29, 1.82) is 0 Å². The Morgan fingerprint density at radius 3 is 2.78 bits per heavy atom. The molecule has 98 valence electrons. The monoisotopic (exact) mass is 267 g/mol. The summed E-state index contributed by atoms with van der Waals surface area (Å²) in [6.07, 6.45) is 0.528. The summed E-state index contributed by atoms with van der Waals surface area (Å²) >= 11 is 5.96. The highest BCUT2D eigenvalue weighted by Gasteiger charge is 2.30. The van der Waals surface area contributed by atoms with Crippen LogP contribution in [0.3, 0.4) is 0 Å². The zero-order valence-corrected chi connectivity index (χ0v) is 11.4. The summed E-state index contributed by atoms with van der Waals surface area (Å²) in [7, 11) is 0. The van der Waals surface area contributed by atoms with Crippen LogP contribution in [0, 0.1) is 0 Å². The maximum absolute atomic E-state index is 11.8. The zero-order chi connectivity index (χ0) is 13.3. The van der Waals surface area contributed by atoms with E-state index in [9.17, 15) is 4.79 Å². The molecule has 0 unspecified atom stereocenters. The molecule has 5 heteroatoms. The largest absolute Gasteiger partial charge is 0.398 e. The summed E-state index contributed by atoms with van der Waals surface area (Å²) in [6.45, 7) is 4.79. The van der Waals surface area contributed by atoms with Crippen LogP contribution in [0.4, 0.5) is 11.4 Å². The molecule has 0 radical (unpaired) electrons. The van der Waals surface area contributed by atoms with Crippen LogP contribution >= 0.6 is 11.6 Å². The minimum Gasteiger partial charge on any atom is -0.398 e. The summed E-state index contributed by atoms with van der Waals surface area (Å²) in [5.74, 6) is 0.198. The van der Waals surface area contributed by atoms with Gasteiger partial charge in [0.25, 0.3) is 0 Å². The van der Waals surface area contributed by atoms with Crippen molar-refractivity contribution in [2.45, 2.75) is 32.4 Å². The molecule has 3 N–H and O–H groups in total. The Morgan fingerprint density at radius 2 is 2.22 bits per heavy atom. The molecule has 18 heavy (non-hydrogen) atoms. The van der Waals surface area contributed by atoms with Crippen LogP contribution in [0.15, 0.2) is 18.2 Å². The van der Waals surface area contributed by atoms with Gasteiger partial charge in [-0.3, -0.25) is 4.79 Å². The second-order valence-electron chi connectivity index (χ2n) is 4.92. The second-order valence-corrected chi connectivity index (χ2v) is 5.33. The van der Waals surface area contributed by atoms with E-state index in [-0.39, 0.29) is 18.0 Å². The summed E-state index contributed by atoms with van der Waals surface area (Å²) in [5.41, 5.74) is 7.12. The average molecular weight is 268 g/mol. The Kier molecular flexibility index (Phi) is 3.66. The molecule has 1 fully saturated rings. The first-order valence-corrected chi connectivity index (χ1v) is 6.46. The Hall–Kier alpha value is -1.42. The van der Waals surface area contributed by atoms with E-state index in [1.165, 1.54) is 0 Å². The number of nitrogen functional groups attached to an aromatic ring is 1. The van der Waals surface area contributed by atoms with E-state index in [0.717, 1.165) is 12.2 Å². The second kappa shape index (κ2) is 5.06. The molecule has 0 bridgehead atoms. The molecular weight excluding hydrogens is 250 g/mol. The van der Waals surface area contributed by atoms with Crippen LogP contribution in [-0.2, 0) is 4.79 Å². The van der Waals surface area contributed by atoms with E-state index >= 15 is 0 Å². The van der Waals surface area contributed by atoms with E-state index in [1.54, 1.807) is 12.1 Å². The summed E-state index contributed by atoms with van der Waals surface area (Å²) in [4.78, 5) is 13.7. The third kappa shape index (κ3) is 2.70. The van der Waals surface area contributed by atoms with Gasteiger partial charge in [0.15, 0.2) is 0 Å². The summed E-state index contributed by atoms with van der Waals surface area (Å²) in [6, 6.07) is 5.82. The lowest BCUT2D eigenvalue weighted by Crippen LogP contribution is -2.33. The first kappa shape index (κ1) is 13.0. The molecule has 1 aromatic rings. The van der Waals surface area contributed by atoms with Gasteiger partial charge in [-0.15, -0.1) is 0 Å². The van der Waals surface area contributed by atoms with Crippen molar-refractivity contribution < 1.29 is 4.79 Å². The van der Waals surface area contributed by atoms with E-state index < -0.39 is 0 Å². The van der Waals surface area contributed by atoms with Crippen LogP contribution < -0.4 is 11.1 Å². The number of hydrogen-bond acceptors (Lipinski definition) is 3. The lowest BCUT2D eigenvalue weighted by atomic mass is 10.2. The molecule has 0 aromatic heterocycles. The summed E-state index contributed by atoms with van der Waals surface area (Å²) < 4.78 is 0. The minimum absolute atomic E-state index is 0.139. The van der Waals surface area contributed by atoms with Gasteiger partial charge in [0.05, 0.1) is 16.8 Å². The fourth-order valence-corrected chi connectivity index (χ4v) is 2.36. The number of hydrogen-bond donors (Lipinski definition) is 2. The van der Waals surface area contributed by atoms with Crippen LogP contribution in [-0.4, -0.2) is 29.4 Å². The fourth-order valence-electron chi connectivity index (χ4n) is 2.18. The van der Waals surface area contributed by atoms with Crippen LogP contribution in [0.25, 0.3) is 0 Å². The standard InChI is InChI=1S/C13H18ClN3O/c1-8(2)17-7-10(6-13(17)18)16-9-3-4-12(15)11(14)5-9/h3-5,8,10,16H,6-7,15H2,1-2H3/t10-/m0/s1. The van der Waals surface area contributed by atoms with Crippen molar-refractivity contribution in [3.05, 3.63) is 23.2 Å². The van der Waals surface area contributed by atoms with Gasteiger partial charge in [0, 0.05) is 24.7 Å². The van der Waals surface area contributed by atoms with Gasteiger partial charge in [-0.2, -0.15) is 0 Å². The van der Waals surface area contributed by atoms with Crippen LogP contribution in [0.5, 0.6) is 0 Å². The Morgan fingerprint density at radius 1 is 1.50 bits per heavy atom. The highest BCUT2D eigenvalue weighted by molar-refractivity contribution is 6.33. The molecule has 0 spiro atoms. The van der Waals surface area contributed by atoms with E-state index in [1.807, 2.05) is 24.8 Å². The Balaban J connectivity index is 2.03. The number of benzene rings is 1. The molecule has 1 saturated heterocycles.